The summed E-state index contributed by atoms with van der Waals surface area (Å²) in [6.45, 7) is 7.29. The molecule has 0 saturated heterocycles. The van der Waals surface area contributed by atoms with E-state index in [9.17, 15) is 4.79 Å². The number of Topliss-reactive ketones (excluding diaryl/α,β-unsaturated/α-hetero) is 1. The van der Waals surface area contributed by atoms with Gasteiger partial charge in [0.2, 0.25) is 5.78 Å². The van der Waals surface area contributed by atoms with Crippen molar-refractivity contribution in [2.45, 2.75) is 13.8 Å². The summed E-state index contributed by atoms with van der Waals surface area (Å²) in [6.07, 6.45) is 0. The molecule has 4 nitrogen and oxygen atoms in total. The van der Waals surface area contributed by atoms with Crippen LogP contribution in [0.3, 0.4) is 0 Å². The Bertz CT molecular complexity index is 503. The monoisotopic (exact) mass is 364 g/mol. The first-order chi connectivity index (χ1) is 9.95. The Morgan fingerprint density at radius 1 is 1.27 bits per heavy atom. The Morgan fingerprint density at radius 2 is 1.82 bits per heavy atom. The maximum atomic E-state index is 12.2. The van der Waals surface area contributed by atoms with E-state index in [1.807, 2.05) is 0 Å². The van der Waals surface area contributed by atoms with E-state index in [2.05, 4.69) is 26.1 Å². The molecule has 0 radical (unpaired) electrons. The molecular weight excluding hydrogens is 343 g/mol. The molecule has 0 aromatic heterocycles. The number of hydrogen-bond donors (Lipinski definition) is 1. The summed E-state index contributed by atoms with van der Waals surface area (Å²) in [6, 6.07) is 6.57. The molecule has 0 fully saturated rings. The van der Waals surface area contributed by atoms with Crippen LogP contribution < -0.4 is 12.4 Å². The van der Waals surface area contributed by atoms with Crippen LogP contribution in [0.5, 0.6) is 0 Å². The Kier molecular flexibility index (Phi) is 9.76. The highest BCUT2D eigenvalue weighted by atomic mass is 35.5. The number of carbonyl (C=O) groups is 1. The average Bonchev–Trinajstić information content (AvgIpc) is 2.51. The number of thioether (sulfide) groups is 1. The second-order valence-corrected chi connectivity index (χ2v) is 6.59. The van der Waals surface area contributed by atoms with Gasteiger partial charge >= 0.3 is 0 Å². The summed E-state index contributed by atoms with van der Waals surface area (Å²) in [5, 5.41) is 12.9. The van der Waals surface area contributed by atoms with Crippen LogP contribution in [0.1, 0.15) is 24.2 Å². The quantitative estimate of drug-likeness (QED) is 0.192. The van der Waals surface area contributed by atoms with E-state index in [4.69, 9.17) is 16.8 Å². The number of rotatable bonds is 7. The molecule has 0 bridgehead atoms. The van der Waals surface area contributed by atoms with Crippen LogP contribution in [0, 0.1) is 0 Å². The smallest absolute Gasteiger partial charge is 0.221 e. The maximum Gasteiger partial charge on any atom is 0.221 e. The summed E-state index contributed by atoms with van der Waals surface area (Å²) >= 11 is 7.09. The van der Waals surface area contributed by atoms with Gasteiger partial charge in [0.15, 0.2) is 5.04 Å². The van der Waals surface area contributed by atoms with E-state index in [1.54, 1.807) is 24.3 Å². The third-order valence-corrected chi connectivity index (χ3v) is 4.97. The Labute approximate surface area is 147 Å². The number of halogens is 2. The highest BCUT2D eigenvalue weighted by Gasteiger charge is 2.20. The minimum Gasteiger partial charge on any atom is -1.00 e. The molecule has 1 aromatic carbocycles. The van der Waals surface area contributed by atoms with Crippen LogP contribution >= 0.6 is 23.4 Å². The van der Waals surface area contributed by atoms with Crippen LogP contribution in [0.25, 0.3) is 0 Å². The van der Waals surface area contributed by atoms with Gasteiger partial charge in [0.1, 0.15) is 0 Å². The van der Waals surface area contributed by atoms with E-state index < -0.39 is 0 Å². The molecule has 0 unspecified atom stereocenters. The first-order valence-corrected chi connectivity index (χ1v) is 8.30. The molecule has 0 amide bonds. The first-order valence-electron chi connectivity index (χ1n) is 6.94. The molecule has 22 heavy (non-hydrogen) atoms. The van der Waals surface area contributed by atoms with Gasteiger partial charge in [-0.05, 0) is 38.1 Å². The number of benzene rings is 1. The van der Waals surface area contributed by atoms with Gasteiger partial charge in [0, 0.05) is 16.3 Å². The van der Waals surface area contributed by atoms with Crippen LogP contribution in [0.2, 0.25) is 5.02 Å². The molecule has 1 N–H and O–H groups in total. The fraction of sp³-hybridized carbons (Fsp3) is 0.467. The summed E-state index contributed by atoms with van der Waals surface area (Å²) < 4.78 is 0.931. The van der Waals surface area contributed by atoms with E-state index in [-0.39, 0.29) is 23.2 Å². The van der Waals surface area contributed by atoms with Crippen LogP contribution in [0.15, 0.2) is 29.4 Å². The molecule has 0 aliphatic heterocycles. The predicted molar refractivity (Wildman–Crippen MR) is 89.6 cm³/mol. The molecule has 1 rings (SSSR count). The molecule has 124 valence electrons. The molecule has 0 aliphatic carbocycles. The third-order valence-electron chi connectivity index (χ3n) is 3.79. The first kappa shape index (κ1) is 21.2. The molecule has 0 saturated carbocycles. The van der Waals surface area contributed by atoms with Gasteiger partial charge in [-0.3, -0.25) is 4.79 Å². The largest absolute Gasteiger partial charge is 1.00 e. The van der Waals surface area contributed by atoms with E-state index in [0.717, 1.165) is 29.9 Å². The Hall–Kier alpha value is -0.750. The van der Waals surface area contributed by atoms with E-state index in [1.165, 1.54) is 11.8 Å². The van der Waals surface area contributed by atoms with Crippen molar-refractivity contribution in [1.82, 2.24) is 0 Å². The lowest BCUT2D eigenvalue weighted by Gasteiger charge is -2.31. The SMILES string of the molecule is CC[N+](C)(CC)CCS/C(=N\O)C(=O)c1ccc(Cl)cc1.[Cl-]. The minimum absolute atomic E-state index is 0. The molecular formula is C15H22Cl2N2O2S. The number of ketones is 1. The van der Waals surface area contributed by atoms with Crippen molar-refractivity contribution in [3.63, 3.8) is 0 Å². The van der Waals surface area contributed by atoms with Gasteiger partial charge in [-0.15, -0.1) is 0 Å². The number of quaternary nitrogens is 1. The lowest BCUT2D eigenvalue weighted by atomic mass is 10.1. The van der Waals surface area contributed by atoms with Crippen molar-refractivity contribution < 1.29 is 26.9 Å². The predicted octanol–water partition coefficient (Wildman–Crippen LogP) is 0.534. The molecule has 0 atom stereocenters. The second-order valence-electron chi connectivity index (χ2n) is 5.07. The van der Waals surface area contributed by atoms with E-state index >= 15 is 0 Å². The van der Waals surface area contributed by atoms with Gasteiger partial charge in [0.05, 0.1) is 26.7 Å². The van der Waals surface area contributed by atoms with Crippen molar-refractivity contribution in [3.05, 3.63) is 34.9 Å². The molecule has 1 aromatic rings. The fourth-order valence-electron chi connectivity index (χ4n) is 1.77. The van der Waals surface area contributed by atoms with Crippen molar-refractivity contribution in [1.29, 1.82) is 0 Å². The highest BCUT2D eigenvalue weighted by molar-refractivity contribution is 8.15. The van der Waals surface area contributed by atoms with E-state index in [0.29, 0.717) is 10.6 Å². The van der Waals surface area contributed by atoms with Crippen molar-refractivity contribution >= 4 is 34.2 Å². The molecule has 0 aliphatic rings. The van der Waals surface area contributed by atoms with Gasteiger partial charge in [-0.2, -0.15) is 0 Å². The van der Waals surface area contributed by atoms with Gasteiger partial charge in [-0.25, -0.2) is 0 Å². The van der Waals surface area contributed by atoms with Gasteiger partial charge in [-0.1, -0.05) is 28.5 Å². The van der Waals surface area contributed by atoms with Crippen LogP contribution in [0.4, 0.5) is 0 Å². The molecule has 0 heterocycles. The zero-order chi connectivity index (χ0) is 15.9. The number of carbonyl (C=O) groups excluding carboxylic acids is 1. The van der Waals surface area contributed by atoms with Crippen LogP contribution in [-0.4, -0.2) is 53.0 Å². The van der Waals surface area contributed by atoms with Crippen molar-refractivity contribution in [2.75, 3.05) is 32.4 Å². The number of nitrogens with zero attached hydrogens (tertiary/aromatic N) is 2. The van der Waals surface area contributed by atoms with Crippen LogP contribution in [-0.2, 0) is 0 Å². The van der Waals surface area contributed by atoms with Gasteiger partial charge < -0.3 is 22.1 Å². The van der Waals surface area contributed by atoms with Crippen molar-refractivity contribution in [2.24, 2.45) is 5.16 Å². The third kappa shape index (κ3) is 6.16. The lowest BCUT2D eigenvalue weighted by Crippen LogP contribution is -3.00. The topological polar surface area (TPSA) is 49.7 Å². The highest BCUT2D eigenvalue weighted by Crippen LogP contribution is 2.15. The normalized spacial score (nSPS) is 11.9. The number of oxime groups is 1. The molecule has 7 heteroatoms. The second kappa shape index (κ2) is 10.1. The summed E-state index contributed by atoms with van der Waals surface area (Å²) in [5.41, 5.74) is 0.475. The lowest BCUT2D eigenvalue weighted by molar-refractivity contribution is -0.903. The standard InChI is InChI=1S/C15H21ClN2O2S.ClH/c1-4-18(3,5-2)10-11-21-15(17-20)14(19)12-6-8-13(16)9-7-12;/h6-9H,4-5,10-11H2,1-3H3;1H. The maximum absolute atomic E-state index is 12.2. The fourth-order valence-corrected chi connectivity index (χ4v) is 2.93. The summed E-state index contributed by atoms with van der Waals surface area (Å²) in [4.78, 5) is 12.2. The zero-order valence-electron chi connectivity index (χ0n) is 13.1. The number of hydrogen-bond acceptors (Lipinski definition) is 4. The van der Waals surface area contributed by atoms with Crippen molar-refractivity contribution in [3.8, 4) is 0 Å². The summed E-state index contributed by atoms with van der Waals surface area (Å²) in [5.74, 6) is 0.457. The summed E-state index contributed by atoms with van der Waals surface area (Å²) in [7, 11) is 2.18. The zero-order valence-corrected chi connectivity index (χ0v) is 15.4. The molecule has 0 spiro atoms. The minimum atomic E-state index is -0.277. The Morgan fingerprint density at radius 3 is 2.27 bits per heavy atom. The average molecular weight is 365 g/mol. The Balaban J connectivity index is 0.00000441. The van der Waals surface area contributed by atoms with Gasteiger partial charge in [0.25, 0.3) is 0 Å².